The molecule has 1 heterocycles. The number of nitrogens with zero attached hydrogens (tertiary/aromatic N) is 2. The molecule has 0 radical (unpaired) electrons. The second kappa shape index (κ2) is 14.4. The summed E-state index contributed by atoms with van der Waals surface area (Å²) >= 11 is 0. The van der Waals surface area contributed by atoms with Crippen LogP contribution in [0.4, 0.5) is 11.4 Å². The molecule has 6 aromatic carbocycles. The Kier molecular flexibility index (Phi) is 8.84. The van der Waals surface area contributed by atoms with Crippen molar-refractivity contribution in [1.29, 1.82) is 0 Å². The molecule has 2 nitrogen and oxygen atoms in total. The molecule has 61 heavy (non-hydrogen) atoms. The van der Waals surface area contributed by atoms with Crippen LogP contribution in [0.2, 0.25) is 19.6 Å². The van der Waals surface area contributed by atoms with Crippen molar-refractivity contribution in [2.45, 2.75) is 46.3 Å². The van der Waals surface area contributed by atoms with Crippen LogP contribution in [-0.4, -0.2) is 12.6 Å². The number of benzene rings is 6. The van der Waals surface area contributed by atoms with E-state index in [1.165, 1.54) is 83.2 Å². The average molecular weight is 805 g/mol. The summed E-state index contributed by atoms with van der Waals surface area (Å²) in [5, 5.41) is 4.08. The highest BCUT2D eigenvalue weighted by Gasteiger charge is 2.47. The minimum atomic E-state index is -1.46. The van der Waals surface area contributed by atoms with Crippen LogP contribution in [0.15, 0.2) is 216 Å². The fraction of sp³-hybridized carbons (Fsp3) is 0.172. The van der Waals surface area contributed by atoms with Gasteiger partial charge in [0.1, 0.15) is 0 Å². The lowest BCUT2D eigenvalue weighted by molar-refractivity contribution is 0.536. The van der Waals surface area contributed by atoms with Crippen molar-refractivity contribution >= 4 is 52.1 Å². The summed E-state index contributed by atoms with van der Waals surface area (Å²) in [5.41, 5.74) is 18.5. The summed E-state index contributed by atoms with van der Waals surface area (Å²) in [6.45, 7) is 12.2. The van der Waals surface area contributed by atoms with Gasteiger partial charge in [0.25, 0.3) is 0 Å². The Balaban J connectivity index is 1.06. The van der Waals surface area contributed by atoms with Crippen molar-refractivity contribution in [2.75, 3.05) is 4.90 Å². The Morgan fingerprint density at radius 1 is 0.541 bits per heavy atom. The van der Waals surface area contributed by atoms with Gasteiger partial charge in [-0.25, -0.2) is 0 Å². The maximum atomic E-state index is 2.59. The summed E-state index contributed by atoms with van der Waals surface area (Å²) in [6.07, 6.45) is 16.7. The van der Waals surface area contributed by atoms with Gasteiger partial charge in [0.2, 0.25) is 0 Å². The summed E-state index contributed by atoms with van der Waals surface area (Å²) < 4.78 is 2.58. The first-order valence-electron chi connectivity index (χ1n) is 22.1. The van der Waals surface area contributed by atoms with Gasteiger partial charge in [-0.1, -0.05) is 166 Å². The number of aromatic nitrogens is 1. The number of hydrogen-bond acceptors (Lipinski definition) is 1. The Morgan fingerprint density at radius 3 is 1.66 bits per heavy atom. The third-order valence-electron chi connectivity index (χ3n) is 13.9. The molecule has 4 aliphatic carbocycles. The van der Waals surface area contributed by atoms with E-state index in [9.17, 15) is 0 Å². The normalized spacial score (nSPS) is 19.2. The van der Waals surface area contributed by atoms with Crippen molar-refractivity contribution in [3.05, 3.63) is 216 Å². The molecule has 11 rings (SSSR count). The third-order valence-corrected chi connectivity index (χ3v) is 15.9. The molecular weight excluding hydrogens is 753 g/mol. The van der Waals surface area contributed by atoms with E-state index in [0.717, 1.165) is 12.8 Å². The molecule has 0 fully saturated rings. The first-order valence-corrected chi connectivity index (χ1v) is 25.6. The smallest absolute Gasteiger partial charge is 0.0775 e. The maximum absolute atomic E-state index is 2.59. The molecule has 7 aromatic rings. The van der Waals surface area contributed by atoms with E-state index in [1.54, 1.807) is 11.1 Å². The third kappa shape index (κ3) is 6.20. The lowest BCUT2D eigenvalue weighted by Crippen LogP contribution is -2.37. The van der Waals surface area contributed by atoms with Crippen LogP contribution >= 0.6 is 0 Å². The summed E-state index contributed by atoms with van der Waals surface area (Å²) in [7, 11) is -1.46. The van der Waals surface area contributed by atoms with Gasteiger partial charge < -0.3 is 9.47 Å². The van der Waals surface area contributed by atoms with Gasteiger partial charge in [-0.3, -0.25) is 0 Å². The van der Waals surface area contributed by atoms with Crippen LogP contribution in [-0.2, 0) is 0 Å². The molecule has 0 saturated heterocycles. The minimum Gasteiger partial charge on any atom is -0.314 e. The molecule has 0 saturated carbocycles. The predicted molar refractivity (Wildman–Crippen MR) is 263 cm³/mol. The standard InChI is InChI=1S/C58H52N2Si/c1-58(2)52-37-45(60-54-33-25-41(39-17-9-6-10-18-39)35-50(54)51-36-42(26-34-55(51)60)40-19-11-7-12-20-40)29-32-49(52)57-48-24-16-15-23-47(48)56(38-53(57)58)59(43-21-13-8-14-22-43)44-27-30-46(31-28-44)61(3,4)5/h6-28,30-31,33-38,47-48H,29,32H2,1-5H3. The van der Waals surface area contributed by atoms with E-state index in [1.807, 2.05) is 0 Å². The van der Waals surface area contributed by atoms with Gasteiger partial charge in [-0.2, -0.15) is 0 Å². The average Bonchev–Trinajstić information content (AvgIpc) is 3.74. The van der Waals surface area contributed by atoms with Crippen molar-refractivity contribution in [2.24, 2.45) is 17.3 Å². The van der Waals surface area contributed by atoms with Crippen LogP contribution < -0.4 is 10.1 Å². The monoisotopic (exact) mass is 804 g/mol. The zero-order valence-corrected chi connectivity index (χ0v) is 36.9. The Labute approximate surface area is 361 Å². The van der Waals surface area contributed by atoms with E-state index in [2.05, 4.69) is 231 Å². The van der Waals surface area contributed by atoms with Crippen LogP contribution in [0.1, 0.15) is 26.7 Å². The summed E-state index contributed by atoms with van der Waals surface area (Å²) in [6, 6.07) is 56.3. The fourth-order valence-electron chi connectivity index (χ4n) is 10.7. The highest BCUT2D eigenvalue weighted by molar-refractivity contribution is 6.88. The highest BCUT2D eigenvalue weighted by Crippen LogP contribution is 2.59. The molecule has 0 amide bonds. The zero-order valence-electron chi connectivity index (χ0n) is 35.9. The summed E-state index contributed by atoms with van der Waals surface area (Å²) in [4.78, 5) is 2.54. The molecule has 0 N–H and O–H groups in total. The highest BCUT2D eigenvalue weighted by atomic mass is 28.3. The van der Waals surface area contributed by atoms with Crippen molar-refractivity contribution in [3.8, 4) is 22.3 Å². The van der Waals surface area contributed by atoms with E-state index < -0.39 is 8.07 Å². The number of hydrogen-bond donors (Lipinski definition) is 0. The van der Waals surface area contributed by atoms with E-state index in [0.29, 0.717) is 0 Å². The predicted octanol–water partition coefficient (Wildman–Crippen LogP) is 15.0. The van der Waals surface area contributed by atoms with Gasteiger partial charge in [0.15, 0.2) is 0 Å². The first-order chi connectivity index (χ1) is 29.6. The quantitative estimate of drug-likeness (QED) is 0.146. The first kappa shape index (κ1) is 37.6. The van der Waals surface area contributed by atoms with E-state index in [4.69, 9.17) is 0 Å². The molecule has 4 aliphatic rings. The molecule has 298 valence electrons. The molecule has 0 spiro atoms. The zero-order chi connectivity index (χ0) is 41.5. The number of para-hydroxylation sites is 1. The fourth-order valence-corrected chi connectivity index (χ4v) is 11.9. The minimum absolute atomic E-state index is 0.175. The second-order valence-corrected chi connectivity index (χ2v) is 23.9. The van der Waals surface area contributed by atoms with Gasteiger partial charge in [0, 0.05) is 50.8 Å². The van der Waals surface area contributed by atoms with Crippen LogP contribution in [0, 0.1) is 17.3 Å². The van der Waals surface area contributed by atoms with E-state index >= 15 is 0 Å². The summed E-state index contributed by atoms with van der Waals surface area (Å²) in [5.74, 6) is 0.499. The molecule has 3 heteroatoms. The molecule has 1 aromatic heterocycles. The van der Waals surface area contributed by atoms with Gasteiger partial charge in [0.05, 0.1) is 19.1 Å². The van der Waals surface area contributed by atoms with Crippen molar-refractivity contribution < 1.29 is 0 Å². The van der Waals surface area contributed by atoms with Crippen molar-refractivity contribution in [1.82, 2.24) is 4.57 Å². The Bertz CT molecular complexity index is 2960. The second-order valence-electron chi connectivity index (χ2n) is 18.9. The van der Waals surface area contributed by atoms with Crippen LogP contribution in [0.5, 0.6) is 0 Å². The van der Waals surface area contributed by atoms with Crippen molar-refractivity contribution in [3.63, 3.8) is 0 Å². The Hall–Kier alpha value is -6.42. The largest absolute Gasteiger partial charge is 0.314 e. The van der Waals surface area contributed by atoms with Gasteiger partial charge in [-0.05, 0) is 118 Å². The molecule has 0 bridgehead atoms. The number of anilines is 2. The lowest BCUT2D eigenvalue weighted by atomic mass is 9.70. The molecular formula is C58H52N2Si. The molecule has 2 atom stereocenters. The maximum Gasteiger partial charge on any atom is 0.0775 e. The number of fused-ring (bicyclic) bond motifs is 6. The lowest BCUT2D eigenvalue weighted by Gasteiger charge is -2.40. The van der Waals surface area contributed by atoms with Gasteiger partial charge >= 0.3 is 0 Å². The van der Waals surface area contributed by atoms with Gasteiger partial charge in [-0.15, -0.1) is 0 Å². The number of rotatable bonds is 7. The van der Waals surface area contributed by atoms with Crippen LogP contribution in [0.3, 0.4) is 0 Å². The number of allylic oxidation sites excluding steroid dienone is 11. The Morgan fingerprint density at radius 2 is 1.08 bits per heavy atom. The molecule has 2 unspecified atom stereocenters. The topological polar surface area (TPSA) is 8.17 Å². The SMILES string of the molecule is CC1(C)C2=C(CCC(n3c4ccc(-c5ccccc5)cc4c4cc(-c5ccccc5)ccc43)=C2)C2=C1C=C(N(c1ccccc1)c1ccc([Si](C)(C)C)cc1)C1C=CC=CC21. The van der Waals surface area contributed by atoms with Crippen LogP contribution in [0.25, 0.3) is 49.8 Å². The van der Waals surface area contributed by atoms with E-state index in [-0.39, 0.29) is 17.3 Å². The molecule has 0 aliphatic heterocycles.